The summed E-state index contributed by atoms with van der Waals surface area (Å²) in [6.45, 7) is 5.90. The summed E-state index contributed by atoms with van der Waals surface area (Å²) < 4.78 is 6.49. The Morgan fingerprint density at radius 2 is 1.83 bits per heavy atom. The maximum absolute atomic E-state index is 10.4. The molecular weight excluding hydrogens is 432 g/mol. The zero-order chi connectivity index (χ0) is 20.7. The summed E-state index contributed by atoms with van der Waals surface area (Å²) in [4.78, 5) is 8.92. The quantitative estimate of drug-likeness (QED) is 0.356. The Bertz CT molecular complexity index is 1280. The first-order valence-electron chi connectivity index (χ1n) is 9.07. The normalized spacial score (nSPS) is 11.6. The highest BCUT2D eigenvalue weighted by atomic mass is 79.9. The van der Waals surface area contributed by atoms with Crippen LogP contribution in [0.3, 0.4) is 0 Å². The maximum Gasteiger partial charge on any atom is 0.231 e. The van der Waals surface area contributed by atoms with Crippen molar-refractivity contribution in [1.82, 2.24) is 4.98 Å². The highest BCUT2D eigenvalue weighted by Crippen LogP contribution is 2.35. The second-order valence-corrected chi connectivity index (χ2v) is 7.81. The van der Waals surface area contributed by atoms with Crippen molar-refractivity contribution in [3.63, 3.8) is 0 Å². The van der Waals surface area contributed by atoms with E-state index >= 15 is 0 Å². The number of phenols is 2. The fraction of sp³-hybridized carbons (Fsp3) is 0.130. The first-order chi connectivity index (χ1) is 13.8. The molecule has 4 aromatic rings. The lowest BCUT2D eigenvalue weighted by molar-refractivity contribution is 0.470. The number of hydrogen-bond donors (Lipinski definition) is 2. The van der Waals surface area contributed by atoms with E-state index in [1.807, 2.05) is 45.0 Å². The number of rotatable bonds is 3. The van der Waals surface area contributed by atoms with Crippen LogP contribution in [0.1, 0.15) is 22.3 Å². The molecule has 0 saturated heterocycles. The van der Waals surface area contributed by atoms with Gasteiger partial charge in [-0.25, -0.2) is 4.98 Å². The summed E-state index contributed by atoms with van der Waals surface area (Å²) in [5.74, 6) is 0.533. The molecule has 3 aromatic carbocycles. The van der Waals surface area contributed by atoms with E-state index in [0.29, 0.717) is 32.8 Å². The molecule has 5 nitrogen and oxygen atoms in total. The van der Waals surface area contributed by atoms with Gasteiger partial charge in [-0.15, -0.1) is 0 Å². The summed E-state index contributed by atoms with van der Waals surface area (Å²) in [6.07, 6.45) is 1.60. The molecule has 146 valence electrons. The van der Waals surface area contributed by atoms with Gasteiger partial charge in [-0.3, -0.25) is 4.99 Å². The van der Waals surface area contributed by atoms with Gasteiger partial charge in [0.2, 0.25) is 5.89 Å². The molecule has 0 aliphatic heterocycles. The number of halogens is 1. The number of fused-ring (bicyclic) bond motifs is 1. The maximum atomic E-state index is 10.4. The molecule has 29 heavy (non-hydrogen) atoms. The molecule has 4 rings (SSSR count). The van der Waals surface area contributed by atoms with Crippen LogP contribution in [-0.4, -0.2) is 21.4 Å². The van der Waals surface area contributed by atoms with Crippen molar-refractivity contribution >= 4 is 38.9 Å². The lowest BCUT2D eigenvalue weighted by Crippen LogP contribution is -1.90. The van der Waals surface area contributed by atoms with Crippen LogP contribution in [0.25, 0.3) is 22.6 Å². The average Bonchev–Trinajstić information content (AvgIpc) is 3.12. The molecule has 1 aromatic heterocycles. The Labute approximate surface area is 176 Å². The van der Waals surface area contributed by atoms with Crippen molar-refractivity contribution in [2.24, 2.45) is 4.99 Å². The van der Waals surface area contributed by atoms with Crippen molar-refractivity contribution in [1.29, 1.82) is 0 Å². The number of aromatic hydroxyl groups is 2. The van der Waals surface area contributed by atoms with Gasteiger partial charge in [-0.1, -0.05) is 6.07 Å². The molecular formula is C23H19BrN2O3. The molecule has 0 aliphatic carbocycles. The van der Waals surface area contributed by atoms with Crippen LogP contribution in [0.2, 0.25) is 0 Å². The van der Waals surface area contributed by atoms with E-state index in [2.05, 4.69) is 25.9 Å². The number of oxazole rings is 1. The lowest BCUT2D eigenvalue weighted by Gasteiger charge is -2.08. The number of nitrogens with zero attached hydrogens (tertiary/aromatic N) is 2. The van der Waals surface area contributed by atoms with Crippen molar-refractivity contribution in [2.75, 3.05) is 0 Å². The largest absolute Gasteiger partial charge is 0.507 e. The average molecular weight is 451 g/mol. The number of aryl methyl sites for hydroxylation is 2. The molecule has 1 heterocycles. The standard InChI is InChI=1S/C23H19BrN2O3/c1-12-4-6-18-20(8-12)29-23(26-18)17-10-16(5-7-19(17)27)25-11-15-9-13(2)14(3)21(24)22(15)28/h4-11,27-28H,1-3H3. The Morgan fingerprint density at radius 3 is 2.62 bits per heavy atom. The fourth-order valence-corrected chi connectivity index (χ4v) is 3.59. The van der Waals surface area contributed by atoms with Crippen LogP contribution in [0.4, 0.5) is 5.69 Å². The smallest absolute Gasteiger partial charge is 0.231 e. The van der Waals surface area contributed by atoms with Gasteiger partial charge in [-0.05, 0) is 89.8 Å². The third-order valence-electron chi connectivity index (χ3n) is 4.88. The predicted octanol–water partition coefficient (Wildman–Crippen LogP) is 6.34. The van der Waals surface area contributed by atoms with Gasteiger partial charge in [0.15, 0.2) is 5.58 Å². The van der Waals surface area contributed by atoms with E-state index in [1.165, 1.54) is 0 Å². The minimum atomic E-state index is 0.0593. The van der Waals surface area contributed by atoms with Gasteiger partial charge in [0.05, 0.1) is 15.7 Å². The Balaban J connectivity index is 1.73. The Hall–Kier alpha value is -3.12. The third-order valence-corrected chi connectivity index (χ3v) is 5.85. The van der Waals surface area contributed by atoms with E-state index in [4.69, 9.17) is 4.42 Å². The van der Waals surface area contributed by atoms with Gasteiger partial charge in [-0.2, -0.15) is 0 Å². The number of aliphatic imine (C=N–C) groups is 1. The van der Waals surface area contributed by atoms with Crippen molar-refractivity contribution in [3.8, 4) is 23.0 Å². The molecule has 0 bridgehead atoms. The monoisotopic (exact) mass is 450 g/mol. The summed E-state index contributed by atoms with van der Waals surface area (Å²) in [5, 5.41) is 20.7. The highest BCUT2D eigenvalue weighted by Gasteiger charge is 2.14. The molecule has 0 fully saturated rings. The van der Waals surface area contributed by atoms with Crippen LogP contribution in [0, 0.1) is 20.8 Å². The van der Waals surface area contributed by atoms with Crippen LogP contribution in [-0.2, 0) is 0 Å². The number of hydrogen-bond acceptors (Lipinski definition) is 5. The van der Waals surface area contributed by atoms with Crippen LogP contribution >= 0.6 is 15.9 Å². The van der Waals surface area contributed by atoms with Crippen molar-refractivity contribution in [3.05, 3.63) is 69.2 Å². The van der Waals surface area contributed by atoms with Gasteiger partial charge >= 0.3 is 0 Å². The van der Waals surface area contributed by atoms with Crippen molar-refractivity contribution in [2.45, 2.75) is 20.8 Å². The topological polar surface area (TPSA) is 78.9 Å². The first-order valence-corrected chi connectivity index (χ1v) is 9.86. The molecule has 0 spiro atoms. The van der Waals surface area contributed by atoms with Gasteiger partial charge in [0.1, 0.15) is 17.0 Å². The van der Waals surface area contributed by atoms with Crippen LogP contribution < -0.4 is 0 Å². The molecule has 0 saturated carbocycles. The number of benzene rings is 3. The van der Waals surface area contributed by atoms with Gasteiger partial charge in [0.25, 0.3) is 0 Å². The van der Waals surface area contributed by atoms with Crippen LogP contribution in [0.5, 0.6) is 11.5 Å². The SMILES string of the molecule is Cc1ccc2nc(-c3cc(N=Cc4cc(C)c(C)c(Br)c4O)ccc3O)oc2c1. The molecule has 0 radical (unpaired) electrons. The van der Waals surface area contributed by atoms with Gasteiger partial charge in [0, 0.05) is 11.8 Å². The van der Waals surface area contributed by atoms with E-state index in [1.54, 1.807) is 24.4 Å². The zero-order valence-electron chi connectivity index (χ0n) is 16.2. The number of aromatic nitrogens is 1. The highest BCUT2D eigenvalue weighted by molar-refractivity contribution is 9.10. The second kappa shape index (κ2) is 7.37. The minimum absolute atomic E-state index is 0.0593. The molecule has 6 heteroatoms. The lowest BCUT2D eigenvalue weighted by atomic mass is 10.1. The summed E-state index contributed by atoms with van der Waals surface area (Å²) in [7, 11) is 0. The van der Waals surface area contributed by atoms with E-state index in [0.717, 1.165) is 22.2 Å². The molecule has 0 aliphatic rings. The zero-order valence-corrected chi connectivity index (χ0v) is 17.8. The molecule has 0 atom stereocenters. The van der Waals surface area contributed by atoms with Gasteiger partial charge < -0.3 is 14.6 Å². The molecule has 2 N–H and O–H groups in total. The first kappa shape index (κ1) is 19.2. The fourth-order valence-electron chi connectivity index (χ4n) is 3.05. The third kappa shape index (κ3) is 3.63. The van der Waals surface area contributed by atoms with E-state index in [9.17, 15) is 10.2 Å². The van der Waals surface area contributed by atoms with E-state index in [-0.39, 0.29) is 11.5 Å². The van der Waals surface area contributed by atoms with Crippen LogP contribution in [0.15, 0.2) is 56.3 Å². The minimum Gasteiger partial charge on any atom is -0.507 e. The number of phenolic OH excluding ortho intramolecular Hbond substituents is 2. The molecule has 0 unspecified atom stereocenters. The van der Waals surface area contributed by atoms with E-state index < -0.39 is 0 Å². The van der Waals surface area contributed by atoms with Crippen molar-refractivity contribution < 1.29 is 14.6 Å². The predicted molar refractivity (Wildman–Crippen MR) is 118 cm³/mol. The molecule has 0 amide bonds. The Morgan fingerprint density at radius 1 is 1.03 bits per heavy atom. The Kier molecular flexibility index (Phi) is 4.88. The summed E-state index contributed by atoms with van der Waals surface area (Å²) >= 11 is 3.42. The second-order valence-electron chi connectivity index (χ2n) is 7.02. The summed E-state index contributed by atoms with van der Waals surface area (Å²) in [5.41, 5.74) is 6.15. The summed E-state index contributed by atoms with van der Waals surface area (Å²) in [6, 6.07) is 12.6.